The molecule has 1 aromatic rings. The number of fused-ring (bicyclic) bond motifs is 1. The lowest BCUT2D eigenvalue weighted by molar-refractivity contribution is 0.408. The van der Waals surface area contributed by atoms with Crippen LogP contribution in [0, 0.1) is 0 Å². The van der Waals surface area contributed by atoms with Crippen LogP contribution in [0.1, 0.15) is 11.1 Å². The number of hydrogen-bond donors (Lipinski definition) is 0. The molecule has 1 aliphatic heterocycles. The first-order valence-electron chi connectivity index (χ1n) is 4.56. The molecule has 2 heteroatoms. The van der Waals surface area contributed by atoms with Gasteiger partial charge in [0.15, 0.2) is 0 Å². The quantitative estimate of drug-likeness (QED) is 0.618. The Kier molecular flexibility index (Phi) is 2.10. The van der Waals surface area contributed by atoms with E-state index in [1.807, 2.05) is 7.11 Å². The van der Waals surface area contributed by atoms with Gasteiger partial charge in [0.05, 0.1) is 0 Å². The van der Waals surface area contributed by atoms with Crippen molar-refractivity contribution in [1.82, 2.24) is 0 Å². The highest BCUT2D eigenvalue weighted by Crippen LogP contribution is 2.24. The Bertz CT molecular complexity index is 346. The predicted molar refractivity (Wildman–Crippen MR) is 57.8 cm³/mol. The predicted octanol–water partition coefficient (Wildman–Crippen LogP) is 2.56. The fourth-order valence-electron chi connectivity index (χ4n) is 1.70. The molecule has 2 rings (SSSR count). The Balaban J connectivity index is 2.39. The lowest BCUT2D eigenvalue weighted by Gasteiger charge is -2.26. The van der Waals surface area contributed by atoms with Gasteiger partial charge in [0.1, 0.15) is 0 Å². The van der Waals surface area contributed by atoms with Gasteiger partial charge in [0.2, 0.25) is 8.32 Å². The second-order valence-electron chi connectivity index (χ2n) is 3.73. The van der Waals surface area contributed by atoms with E-state index >= 15 is 0 Å². The smallest absolute Gasteiger partial charge is 0.217 e. The molecule has 0 amide bonds. The summed E-state index contributed by atoms with van der Waals surface area (Å²) in [5.41, 5.74) is 5.06. The van der Waals surface area contributed by atoms with Crippen LogP contribution in [0.4, 0.5) is 0 Å². The van der Waals surface area contributed by atoms with E-state index in [0.717, 1.165) is 6.04 Å². The summed E-state index contributed by atoms with van der Waals surface area (Å²) in [6.07, 6.45) is 2.20. The standard InChI is InChI=1S/C11H14OSi/c1-12-13(2)8-7-10-5-3-4-6-11(10)9-13/h3-8H,9H2,1-2H3. The van der Waals surface area contributed by atoms with Gasteiger partial charge >= 0.3 is 0 Å². The van der Waals surface area contributed by atoms with Crippen molar-refractivity contribution >= 4 is 14.4 Å². The third-order valence-electron chi connectivity index (χ3n) is 2.68. The van der Waals surface area contributed by atoms with Gasteiger partial charge in [0.25, 0.3) is 0 Å². The van der Waals surface area contributed by atoms with Crippen LogP contribution in [0.25, 0.3) is 6.08 Å². The minimum absolute atomic E-state index is 1.11. The molecule has 1 heterocycles. The monoisotopic (exact) mass is 190 g/mol. The van der Waals surface area contributed by atoms with E-state index < -0.39 is 8.32 Å². The molecule has 0 fully saturated rings. The van der Waals surface area contributed by atoms with Gasteiger partial charge in [-0.05, 0) is 23.7 Å². The highest BCUT2D eigenvalue weighted by atomic mass is 28.4. The van der Waals surface area contributed by atoms with Gasteiger partial charge < -0.3 is 4.43 Å². The van der Waals surface area contributed by atoms with E-state index in [0.29, 0.717) is 0 Å². The SMILES string of the molecule is CO[Si]1(C)C=Cc2ccccc2C1. The Morgan fingerprint density at radius 1 is 1.31 bits per heavy atom. The van der Waals surface area contributed by atoms with Gasteiger partial charge in [0, 0.05) is 7.11 Å². The summed E-state index contributed by atoms with van der Waals surface area (Å²) in [6.45, 7) is 2.25. The fraction of sp³-hybridized carbons (Fsp3) is 0.273. The molecule has 0 radical (unpaired) electrons. The van der Waals surface area contributed by atoms with Gasteiger partial charge in [-0.1, -0.05) is 36.0 Å². The van der Waals surface area contributed by atoms with Crippen LogP contribution in [-0.2, 0) is 10.5 Å². The van der Waals surface area contributed by atoms with E-state index in [2.05, 4.69) is 42.6 Å². The first-order chi connectivity index (χ1) is 6.23. The molecule has 1 aliphatic rings. The normalized spacial score (nSPS) is 25.7. The van der Waals surface area contributed by atoms with E-state index in [-0.39, 0.29) is 0 Å². The molecule has 0 saturated carbocycles. The van der Waals surface area contributed by atoms with Crippen molar-refractivity contribution in [3.8, 4) is 0 Å². The van der Waals surface area contributed by atoms with Crippen LogP contribution in [0.5, 0.6) is 0 Å². The average Bonchev–Trinajstić information content (AvgIpc) is 2.18. The summed E-state index contributed by atoms with van der Waals surface area (Å²) in [7, 11) is 0.282. The van der Waals surface area contributed by atoms with E-state index in [1.54, 1.807) is 0 Å². The second kappa shape index (κ2) is 3.12. The van der Waals surface area contributed by atoms with Crippen LogP contribution in [0.15, 0.2) is 30.0 Å². The molecular formula is C11H14OSi. The minimum Gasteiger partial charge on any atom is -0.416 e. The van der Waals surface area contributed by atoms with Gasteiger partial charge in [-0.15, -0.1) is 0 Å². The molecule has 1 aromatic carbocycles. The highest BCUT2D eigenvalue weighted by Gasteiger charge is 2.28. The van der Waals surface area contributed by atoms with Crippen molar-refractivity contribution in [2.75, 3.05) is 7.11 Å². The van der Waals surface area contributed by atoms with Crippen molar-refractivity contribution < 1.29 is 4.43 Å². The minimum atomic E-state index is -1.54. The average molecular weight is 190 g/mol. The zero-order valence-electron chi connectivity index (χ0n) is 8.08. The largest absolute Gasteiger partial charge is 0.416 e. The number of benzene rings is 1. The summed E-state index contributed by atoms with van der Waals surface area (Å²) in [5, 5.41) is 0. The zero-order valence-corrected chi connectivity index (χ0v) is 9.08. The summed E-state index contributed by atoms with van der Waals surface area (Å²) < 4.78 is 5.59. The number of hydrogen-bond acceptors (Lipinski definition) is 1. The fourth-order valence-corrected chi connectivity index (χ4v) is 3.71. The van der Waals surface area contributed by atoms with Gasteiger partial charge in [-0.2, -0.15) is 0 Å². The van der Waals surface area contributed by atoms with Gasteiger partial charge in [-0.25, -0.2) is 0 Å². The maximum atomic E-state index is 5.59. The summed E-state index contributed by atoms with van der Waals surface area (Å²) in [5.74, 6) is 0. The summed E-state index contributed by atoms with van der Waals surface area (Å²) in [6, 6.07) is 9.65. The number of rotatable bonds is 1. The molecule has 13 heavy (non-hydrogen) atoms. The third-order valence-corrected chi connectivity index (χ3v) is 5.57. The van der Waals surface area contributed by atoms with Crippen LogP contribution >= 0.6 is 0 Å². The molecular weight excluding hydrogens is 176 g/mol. The van der Waals surface area contributed by atoms with Crippen molar-refractivity contribution in [3.63, 3.8) is 0 Å². The van der Waals surface area contributed by atoms with Crippen molar-refractivity contribution in [2.45, 2.75) is 12.6 Å². The van der Waals surface area contributed by atoms with Crippen LogP contribution in [-0.4, -0.2) is 15.4 Å². The molecule has 1 unspecified atom stereocenters. The van der Waals surface area contributed by atoms with Crippen molar-refractivity contribution in [1.29, 1.82) is 0 Å². The molecule has 68 valence electrons. The van der Waals surface area contributed by atoms with Crippen LogP contribution in [0.3, 0.4) is 0 Å². The summed E-state index contributed by atoms with van der Waals surface area (Å²) in [4.78, 5) is 0. The topological polar surface area (TPSA) is 9.23 Å². The van der Waals surface area contributed by atoms with E-state index in [1.165, 1.54) is 11.1 Å². The maximum absolute atomic E-state index is 5.59. The zero-order chi connectivity index (χ0) is 9.31. The molecule has 0 bridgehead atoms. The Morgan fingerprint density at radius 2 is 2.08 bits per heavy atom. The Hall–Kier alpha value is -0.863. The second-order valence-corrected chi connectivity index (χ2v) is 7.45. The molecule has 1 nitrogen and oxygen atoms in total. The Morgan fingerprint density at radius 3 is 2.85 bits per heavy atom. The molecule has 0 spiro atoms. The molecule has 0 aromatic heterocycles. The van der Waals surface area contributed by atoms with E-state index in [9.17, 15) is 0 Å². The third kappa shape index (κ3) is 1.60. The Labute approximate surface area is 80.2 Å². The lowest BCUT2D eigenvalue weighted by Crippen LogP contribution is -2.36. The molecule has 1 atom stereocenters. The lowest BCUT2D eigenvalue weighted by atomic mass is 10.1. The summed E-state index contributed by atoms with van der Waals surface area (Å²) >= 11 is 0. The molecule has 0 aliphatic carbocycles. The van der Waals surface area contributed by atoms with Crippen molar-refractivity contribution in [2.24, 2.45) is 0 Å². The van der Waals surface area contributed by atoms with Crippen LogP contribution < -0.4 is 0 Å². The first kappa shape index (κ1) is 8.72. The van der Waals surface area contributed by atoms with Crippen molar-refractivity contribution in [3.05, 3.63) is 41.1 Å². The van der Waals surface area contributed by atoms with Gasteiger partial charge in [-0.3, -0.25) is 0 Å². The van der Waals surface area contributed by atoms with E-state index in [4.69, 9.17) is 4.43 Å². The molecule has 0 N–H and O–H groups in total. The molecule has 0 saturated heterocycles. The van der Waals surface area contributed by atoms with Crippen LogP contribution in [0.2, 0.25) is 6.55 Å². The first-order valence-corrected chi connectivity index (χ1v) is 7.25. The highest BCUT2D eigenvalue weighted by molar-refractivity contribution is 6.78. The maximum Gasteiger partial charge on any atom is 0.217 e.